The smallest absolute Gasteiger partial charge is 0.120 e. The van der Waals surface area contributed by atoms with E-state index in [1.165, 1.54) is 10.9 Å². The van der Waals surface area contributed by atoms with Gasteiger partial charge in [-0.2, -0.15) is 0 Å². The third-order valence-electron chi connectivity index (χ3n) is 3.21. The normalized spacial score (nSPS) is 12.9. The van der Waals surface area contributed by atoms with E-state index in [0.29, 0.717) is 6.54 Å². The number of fused-ring (bicyclic) bond motifs is 1. The van der Waals surface area contributed by atoms with Crippen LogP contribution in [0.2, 0.25) is 0 Å². The molecule has 3 nitrogen and oxygen atoms in total. The van der Waals surface area contributed by atoms with Gasteiger partial charge in [0.2, 0.25) is 0 Å². The van der Waals surface area contributed by atoms with Crippen LogP contribution in [0, 0.1) is 6.92 Å². The number of rotatable bonds is 4. The first kappa shape index (κ1) is 12.0. The van der Waals surface area contributed by atoms with Crippen LogP contribution in [0.25, 0.3) is 10.9 Å². The molecular weight excluding hydrogens is 212 g/mol. The minimum atomic E-state index is 0.244. The average Bonchev–Trinajstić information content (AvgIpc) is 2.63. The van der Waals surface area contributed by atoms with Gasteiger partial charge in [0.05, 0.1) is 6.10 Å². The molecular formula is C14H20N2O. The van der Waals surface area contributed by atoms with Gasteiger partial charge in [0, 0.05) is 23.1 Å². The molecule has 0 aliphatic rings. The zero-order valence-electron chi connectivity index (χ0n) is 10.7. The zero-order chi connectivity index (χ0) is 12.4. The van der Waals surface area contributed by atoms with Gasteiger partial charge < -0.3 is 15.5 Å². The van der Waals surface area contributed by atoms with Crippen molar-refractivity contribution in [1.82, 2.24) is 4.98 Å². The van der Waals surface area contributed by atoms with E-state index in [4.69, 9.17) is 10.5 Å². The highest BCUT2D eigenvalue weighted by Gasteiger charge is 2.09. The molecule has 0 aliphatic heterocycles. The average molecular weight is 232 g/mol. The Labute approximate surface area is 102 Å². The summed E-state index contributed by atoms with van der Waals surface area (Å²) in [6.45, 7) is 6.81. The Morgan fingerprint density at radius 2 is 2.18 bits per heavy atom. The maximum absolute atomic E-state index is 5.83. The highest BCUT2D eigenvalue weighted by molar-refractivity contribution is 5.85. The summed E-state index contributed by atoms with van der Waals surface area (Å²) in [6.07, 6.45) is 1.25. The molecule has 0 amide bonds. The number of aromatic amines is 1. The van der Waals surface area contributed by atoms with Crippen molar-refractivity contribution in [3.05, 3.63) is 29.5 Å². The van der Waals surface area contributed by atoms with Crippen LogP contribution in [0.3, 0.4) is 0 Å². The minimum Gasteiger partial charge on any atom is -0.491 e. The quantitative estimate of drug-likeness (QED) is 0.851. The van der Waals surface area contributed by atoms with Gasteiger partial charge >= 0.3 is 0 Å². The molecule has 0 fully saturated rings. The van der Waals surface area contributed by atoms with E-state index >= 15 is 0 Å². The summed E-state index contributed by atoms with van der Waals surface area (Å²) in [7, 11) is 0. The van der Waals surface area contributed by atoms with Gasteiger partial charge in [0.15, 0.2) is 0 Å². The molecule has 1 atom stereocenters. The van der Waals surface area contributed by atoms with Gasteiger partial charge in [-0.15, -0.1) is 0 Å². The summed E-state index contributed by atoms with van der Waals surface area (Å²) in [5.74, 6) is 0.917. The van der Waals surface area contributed by atoms with E-state index in [1.807, 2.05) is 6.07 Å². The van der Waals surface area contributed by atoms with Gasteiger partial charge in [-0.1, -0.05) is 6.92 Å². The fraction of sp³-hybridized carbons (Fsp3) is 0.429. The lowest BCUT2D eigenvalue weighted by Gasteiger charge is -2.12. The van der Waals surface area contributed by atoms with Crippen LogP contribution in [0.1, 0.15) is 31.5 Å². The molecule has 0 aliphatic carbocycles. The van der Waals surface area contributed by atoms with Crippen molar-refractivity contribution >= 4 is 10.9 Å². The molecule has 92 valence electrons. The molecule has 17 heavy (non-hydrogen) atoms. The predicted molar refractivity (Wildman–Crippen MR) is 71.3 cm³/mol. The second-order valence-corrected chi connectivity index (χ2v) is 4.48. The van der Waals surface area contributed by atoms with E-state index in [2.05, 4.69) is 37.9 Å². The number of hydrogen-bond donors (Lipinski definition) is 2. The van der Waals surface area contributed by atoms with Crippen molar-refractivity contribution < 1.29 is 4.74 Å². The summed E-state index contributed by atoms with van der Waals surface area (Å²) >= 11 is 0. The van der Waals surface area contributed by atoms with Crippen LogP contribution >= 0.6 is 0 Å². The summed E-state index contributed by atoms with van der Waals surface area (Å²) < 4.78 is 5.83. The number of nitrogens with two attached hydrogens (primary N) is 1. The topological polar surface area (TPSA) is 51.0 Å². The third-order valence-corrected chi connectivity index (χ3v) is 3.21. The number of benzene rings is 1. The number of ether oxygens (including phenoxy) is 1. The second-order valence-electron chi connectivity index (χ2n) is 4.48. The van der Waals surface area contributed by atoms with Gasteiger partial charge in [0.1, 0.15) is 5.75 Å². The van der Waals surface area contributed by atoms with Crippen LogP contribution in [0.15, 0.2) is 18.2 Å². The molecule has 0 bridgehead atoms. The Hall–Kier alpha value is -1.48. The molecule has 2 aromatic rings. The molecule has 1 heterocycles. The molecule has 1 aromatic heterocycles. The summed E-state index contributed by atoms with van der Waals surface area (Å²) in [6, 6.07) is 6.14. The van der Waals surface area contributed by atoms with Crippen molar-refractivity contribution in [2.45, 2.75) is 39.8 Å². The minimum absolute atomic E-state index is 0.244. The molecule has 0 spiro atoms. The molecule has 0 radical (unpaired) electrons. The van der Waals surface area contributed by atoms with Gasteiger partial charge in [0.25, 0.3) is 0 Å². The molecule has 0 saturated heterocycles. The Bertz CT molecular complexity index is 516. The zero-order valence-corrected chi connectivity index (χ0v) is 10.7. The fourth-order valence-corrected chi connectivity index (χ4v) is 2.01. The monoisotopic (exact) mass is 232 g/mol. The fourth-order valence-electron chi connectivity index (χ4n) is 2.01. The lowest BCUT2D eigenvalue weighted by atomic mass is 10.1. The van der Waals surface area contributed by atoms with E-state index < -0.39 is 0 Å². The maximum atomic E-state index is 5.83. The van der Waals surface area contributed by atoms with E-state index in [1.54, 1.807) is 0 Å². The largest absolute Gasteiger partial charge is 0.491 e. The Morgan fingerprint density at radius 1 is 1.41 bits per heavy atom. The predicted octanol–water partition coefficient (Wildman–Crippen LogP) is 3.11. The van der Waals surface area contributed by atoms with Gasteiger partial charge in [-0.25, -0.2) is 0 Å². The summed E-state index contributed by atoms with van der Waals surface area (Å²) in [5, 5.41) is 1.17. The van der Waals surface area contributed by atoms with Crippen LogP contribution < -0.4 is 10.5 Å². The second kappa shape index (κ2) is 4.80. The first-order valence-corrected chi connectivity index (χ1v) is 6.13. The van der Waals surface area contributed by atoms with Gasteiger partial charge in [-0.05, 0) is 44.0 Å². The lowest BCUT2D eigenvalue weighted by molar-refractivity contribution is 0.218. The number of hydrogen-bond acceptors (Lipinski definition) is 2. The number of aryl methyl sites for hydroxylation is 1. The van der Waals surface area contributed by atoms with Crippen molar-refractivity contribution in [2.24, 2.45) is 5.73 Å². The van der Waals surface area contributed by atoms with Crippen LogP contribution in [0.4, 0.5) is 0 Å². The molecule has 2 rings (SSSR count). The summed E-state index contributed by atoms with van der Waals surface area (Å²) in [5.41, 5.74) is 9.22. The SMILES string of the molecule is CC[C@@H](C)Oc1ccc2[nH]c(C)c(CN)c2c1. The van der Waals surface area contributed by atoms with Crippen molar-refractivity contribution in [2.75, 3.05) is 0 Å². The van der Waals surface area contributed by atoms with E-state index in [9.17, 15) is 0 Å². The van der Waals surface area contributed by atoms with Crippen molar-refractivity contribution in [1.29, 1.82) is 0 Å². The van der Waals surface area contributed by atoms with Crippen LogP contribution in [-0.2, 0) is 6.54 Å². The lowest BCUT2D eigenvalue weighted by Crippen LogP contribution is -2.09. The number of nitrogens with one attached hydrogen (secondary N) is 1. The van der Waals surface area contributed by atoms with E-state index in [-0.39, 0.29) is 6.10 Å². The summed E-state index contributed by atoms with van der Waals surface area (Å²) in [4.78, 5) is 3.34. The molecule has 0 saturated carbocycles. The van der Waals surface area contributed by atoms with E-state index in [0.717, 1.165) is 23.4 Å². The standard InChI is InChI=1S/C14H20N2O/c1-4-9(2)17-11-5-6-14-12(7-11)13(8-15)10(3)16-14/h5-7,9,16H,4,8,15H2,1-3H3/t9-/m1/s1. The number of aromatic nitrogens is 1. The molecule has 3 heteroatoms. The number of H-pyrrole nitrogens is 1. The highest BCUT2D eigenvalue weighted by atomic mass is 16.5. The Balaban J connectivity index is 2.41. The Kier molecular flexibility index (Phi) is 3.38. The van der Waals surface area contributed by atoms with Crippen molar-refractivity contribution in [3.8, 4) is 5.75 Å². The van der Waals surface area contributed by atoms with Crippen molar-refractivity contribution in [3.63, 3.8) is 0 Å². The first-order chi connectivity index (χ1) is 8.15. The molecule has 0 unspecified atom stereocenters. The van der Waals surface area contributed by atoms with Crippen LogP contribution in [-0.4, -0.2) is 11.1 Å². The molecule has 3 N–H and O–H groups in total. The third kappa shape index (κ3) is 2.29. The van der Waals surface area contributed by atoms with Gasteiger partial charge in [-0.3, -0.25) is 0 Å². The first-order valence-electron chi connectivity index (χ1n) is 6.13. The maximum Gasteiger partial charge on any atom is 0.120 e. The Morgan fingerprint density at radius 3 is 2.82 bits per heavy atom. The molecule has 1 aromatic carbocycles. The van der Waals surface area contributed by atoms with Crippen LogP contribution in [0.5, 0.6) is 5.75 Å². The highest BCUT2D eigenvalue weighted by Crippen LogP contribution is 2.26.